The molecule has 2 rings (SSSR count). The van der Waals surface area contributed by atoms with Crippen LogP contribution in [0.1, 0.15) is 25.8 Å². The predicted molar refractivity (Wildman–Crippen MR) is 48.8 cm³/mol. The predicted octanol–water partition coefficient (Wildman–Crippen LogP) is 1.85. The number of hydrogen-bond donors (Lipinski definition) is 0. The Morgan fingerprint density at radius 1 is 1.75 bits per heavy atom. The van der Waals surface area contributed by atoms with Crippen LogP contribution >= 0.6 is 0 Å². The molecule has 1 unspecified atom stereocenters. The van der Waals surface area contributed by atoms with Gasteiger partial charge in [-0.2, -0.15) is 0 Å². The first-order chi connectivity index (χ1) is 6.42. The molecule has 1 aromatic heterocycles. The van der Waals surface area contributed by atoms with E-state index in [0.717, 1.165) is 6.54 Å². The maximum Gasteiger partial charge on any atom is 0.0394 e. The summed E-state index contributed by atoms with van der Waals surface area (Å²) in [5.74, 6) is 0. The molecule has 0 bridgehead atoms. The first-order valence-electron chi connectivity index (χ1n) is 5.06. The highest BCUT2D eigenvalue weighted by atomic mass is 15.1. The highest BCUT2D eigenvalue weighted by Gasteiger charge is 2.21. The van der Waals surface area contributed by atoms with E-state index in [1.807, 2.05) is 12.3 Å². The van der Waals surface area contributed by atoms with Crippen molar-refractivity contribution in [1.29, 1.82) is 0 Å². The van der Waals surface area contributed by atoms with E-state index in [-0.39, 0.29) is 0 Å². The maximum absolute atomic E-state index is 7.39. The minimum absolute atomic E-state index is 0.402. The van der Waals surface area contributed by atoms with Gasteiger partial charge in [0.1, 0.15) is 0 Å². The SMILES string of the molecule is [2H]CN1CCCC1c1cccnc1. The fourth-order valence-corrected chi connectivity index (χ4v) is 1.78. The van der Waals surface area contributed by atoms with Crippen LogP contribution in [0.2, 0.25) is 0 Å². The molecule has 0 saturated carbocycles. The summed E-state index contributed by atoms with van der Waals surface area (Å²) in [4.78, 5) is 6.30. The Labute approximate surface area is 74.6 Å². The topological polar surface area (TPSA) is 16.1 Å². The molecule has 1 aliphatic rings. The quantitative estimate of drug-likeness (QED) is 0.628. The Morgan fingerprint density at radius 3 is 3.50 bits per heavy atom. The van der Waals surface area contributed by atoms with Crippen molar-refractivity contribution in [1.82, 2.24) is 9.88 Å². The second-order valence-corrected chi connectivity index (χ2v) is 3.26. The van der Waals surface area contributed by atoms with Crippen LogP contribution in [0.3, 0.4) is 0 Å². The van der Waals surface area contributed by atoms with Crippen LogP contribution in [0.25, 0.3) is 0 Å². The summed E-state index contributed by atoms with van der Waals surface area (Å²) in [5, 5.41) is 0. The summed E-state index contributed by atoms with van der Waals surface area (Å²) in [6, 6.07) is 4.51. The van der Waals surface area contributed by atoms with E-state index in [1.54, 1.807) is 6.20 Å². The summed E-state index contributed by atoms with van der Waals surface area (Å²) in [6.45, 7) is 1.06. The molecule has 1 atom stereocenters. The number of aromatic nitrogens is 1. The summed E-state index contributed by atoms with van der Waals surface area (Å²) in [6.07, 6.45) is 6.09. The number of rotatable bonds is 1. The zero-order valence-electron chi connectivity index (χ0n) is 8.11. The van der Waals surface area contributed by atoms with Crippen LogP contribution < -0.4 is 0 Å². The van der Waals surface area contributed by atoms with Crippen molar-refractivity contribution < 1.29 is 1.37 Å². The van der Waals surface area contributed by atoms with Crippen LogP contribution in [0.5, 0.6) is 0 Å². The average Bonchev–Trinajstić information content (AvgIpc) is 2.67. The lowest BCUT2D eigenvalue weighted by atomic mass is 10.1. The van der Waals surface area contributed by atoms with E-state index in [9.17, 15) is 0 Å². The monoisotopic (exact) mass is 163 g/mol. The van der Waals surface area contributed by atoms with E-state index >= 15 is 0 Å². The van der Waals surface area contributed by atoms with Crippen molar-refractivity contribution >= 4 is 0 Å². The Kier molecular flexibility index (Phi) is 1.78. The summed E-state index contributed by atoms with van der Waals surface area (Å²) in [7, 11) is 0.402. The molecule has 0 radical (unpaired) electrons. The summed E-state index contributed by atoms with van der Waals surface area (Å²) >= 11 is 0. The van der Waals surface area contributed by atoms with Crippen molar-refractivity contribution in [2.45, 2.75) is 18.9 Å². The molecule has 0 aliphatic carbocycles. The Morgan fingerprint density at radius 2 is 2.75 bits per heavy atom. The van der Waals surface area contributed by atoms with Gasteiger partial charge in [-0.25, -0.2) is 0 Å². The third kappa shape index (κ3) is 1.34. The lowest BCUT2D eigenvalue weighted by Crippen LogP contribution is -2.17. The standard InChI is InChI=1S/C10H14N2/c1-12-7-3-5-10(12)9-4-2-6-11-8-9/h2,4,6,8,10H,3,5,7H2,1H3/i1D. The molecule has 0 spiro atoms. The van der Waals surface area contributed by atoms with Gasteiger partial charge in [0.2, 0.25) is 0 Å². The lowest BCUT2D eigenvalue weighted by Gasteiger charge is -2.18. The fourth-order valence-electron chi connectivity index (χ4n) is 1.78. The number of pyridine rings is 1. The second kappa shape index (κ2) is 3.23. The Bertz CT molecular complexity index is 263. The molecule has 0 N–H and O–H groups in total. The van der Waals surface area contributed by atoms with Gasteiger partial charge in [0.15, 0.2) is 0 Å². The molecule has 0 amide bonds. The molecule has 12 heavy (non-hydrogen) atoms. The van der Waals surface area contributed by atoms with Crippen LogP contribution in [0.15, 0.2) is 24.5 Å². The molecule has 1 saturated heterocycles. The van der Waals surface area contributed by atoms with Crippen molar-refractivity contribution in [3.05, 3.63) is 30.1 Å². The zero-order chi connectivity index (χ0) is 9.10. The number of hydrogen-bond acceptors (Lipinski definition) is 2. The molecule has 1 fully saturated rings. The van der Waals surface area contributed by atoms with Crippen LogP contribution in [0, 0.1) is 0 Å². The molecule has 2 nitrogen and oxygen atoms in total. The van der Waals surface area contributed by atoms with Gasteiger partial charge < -0.3 is 0 Å². The first-order valence-corrected chi connectivity index (χ1v) is 4.35. The Hall–Kier alpha value is -0.890. The van der Waals surface area contributed by atoms with E-state index in [2.05, 4.69) is 16.0 Å². The van der Waals surface area contributed by atoms with Crippen molar-refractivity contribution in [3.8, 4) is 0 Å². The number of nitrogens with zero attached hydrogens (tertiary/aromatic N) is 2. The van der Waals surface area contributed by atoms with Gasteiger partial charge in [-0.05, 0) is 38.0 Å². The number of likely N-dealkylation sites (tertiary alicyclic amines) is 1. The van der Waals surface area contributed by atoms with Gasteiger partial charge in [-0.3, -0.25) is 9.88 Å². The fraction of sp³-hybridized carbons (Fsp3) is 0.500. The molecular weight excluding hydrogens is 148 g/mol. The van der Waals surface area contributed by atoms with Gasteiger partial charge in [0, 0.05) is 19.8 Å². The molecule has 2 heterocycles. The highest BCUT2D eigenvalue weighted by Crippen LogP contribution is 2.29. The largest absolute Gasteiger partial charge is 0.299 e. The second-order valence-electron chi connectivity index (χ2n) is 3.26. The Balaban J connectivity index is 2.16. The maximum atomic E-state index is 7.39. The van der Waals surface area contributed by atoms with E-state index in [0.29, 0.717) is 13.1 Å². The van der Waals surface area contributed by atoms with Crippen molar-refractivity contribution in [3.63, 3.8) is 0 Å². The van der Waals surface area contributed by atoms with Crippen LogP contribution in [-0.4, -0.2) is 23.5 Å². The van der Waals surface area contributed by atoms with Gasteiger partial charge >= 0.3 is 0 Å². The van der Waals surface area contributed by atoms with Crippen LogP contribution in [0.4, 0.5) is 0 Å². The van der Waals surface area contributed by atoms with Gasteiger partial charge in [0.05, 0.1) is 0 Å². The van der Waals surface area contributed by atoms with E-state index in [1.165, 1.54) is 18.4 Å². The van der Waals surface area contributed by atoms with Gasteiger partial charge in [0.25, 0.3) is 0 Å². The normalized spacial score (nSPS) is 25.7. The molecule has 2 heteroatoms. The molecule has 0 aromatic carbocycles. The van der Waals surface area contributed by atoms with Crippen molar-refractivity contribution in [2.24, 2.45) is 0 Å². The molecular formula is C10H14N2. The van der Waals surface area contributed by atoms with E-state index in [4.69, 9.17) is 1.37 Å². The first kappa shape index (κ1) is 6.61. The summed E-state index contributed by atoms with van der Waals surface area (Å²) < 4.78 is 7.39. The minimum Gasteiger partial charge on any atom is -0.299 e. The summed E-state index contributed by atoms with van der Waals surface area (Å²) in [5.41, 5.74) is 1.26. The van der Waals surface area contributed by atoms with Gasteiger partial charge in [-0.15, -0.1) is 0 Å². The lowest BCUT2D eigenvalue weighted by molar-refractivity contribution is 0.317. The minimum atomic E-state index is 0.402. The zero-order valence-corrected chi connectivity index (χ0v) is 7.11. The highest BCUT2D eigenvalue weighted by molar-refractivity contribution is 5.14. The third-order valence-electron chi connectivity index (χ3n) is 2.43. The van der Waals surface area contributed by atoms with Crippen molar-refractivity contribution in [2.75, 3.05) is 13.6 Å². The molecule has 1 aromatic rings. The molecule has 64 valence electrons. The van der Waals surface area contributed by atoms with Crippen LogP contribution in [-0.2, 0) is 0 Å². The van der Waals surface area contributed by atoms with Gasteiger partial charge in [-0.1, -0.05) is 6.07 Å². The molecule has 1 aliphatic heterocycles. The third-order valence-corrected chi connectivity index (χ3v) is 2.43. The van der Waals surface area contributed by atoms with E-state index < -0.39 is 0 Å². The smallest absolute Gasteiger partial charge is 0.0394 e. The average molecular weight is 163 g/mol.